The smallest absolute Gasteiger partial charge is 0.186 e. The van der Waals surface area contributed by atoms with Crippen LogP contribution in [0, 0.1) is 18.3 Å². The average Bonchev–Trinajstić information content (AvgIpc) is 3.05. The van der Waals surface area contributed by atoms with E-state index in [4.69, 9.17) is 0 Å². The number of benzene rings is 1. The summed E-state index contributed by atoms with van der Waals surface area (Å²) in [5, 5.41) is 1.69. The first-order valence-corrected chi connectivity index (χ1v) is 12.0. The third-order valence-corrected chi connectivity index (χ3v) is 10.3. The molecular weight excluding hydrogens is 360 g/mol. The molecule has 0 spiro atoms. The number of hydrogen-bond donors (Lipinski definition) is 0. The molecule has 2 nitrogen and oxygen atoms in total. The van der Waals surface area contributed by atoms with Gasteiger partial charge >= 0.3 is 0 Å². The Morgan fingerprint density at radius 3 is 2.42 bits per heavy atom. The normalized spacial score (nSPS) is 30.5. The average molecular weight is 389 g/mol. The first kappa shape index (κ1) is 18.2. The summed E-state index contributed by atoms with van der Waals surface area (Å²) >= 11 is 1.63. The van der Waals surface area contributed by atoms with E-state index >= 15 is 0 Å². The Morgan fingerprint density at radius 1 is 1.04 bits per heavy atom. The van der Waals surface area contributed by atoms with Gasteiger partial charge in [0.1, 0.15) is 5.25 Å². The van der Waals surface area contributed by atoms with Crippen LogP contribution < -0.4 is 0 Å². The second kappa shape index (κ2) is 5.93. The van der Waals surface area contributed by atoms with E-state index < -0.39 is 15.1 Å². The molecule has 2 aromatic rings. The van der Waals surface area contributed by atoms with Gasteiger partial charge in [0.15, 0.2) is 9.84 Å². The van der Waals surface area contributed by atoms with Gasteiger partial charge in [0.2, 0.25) is 0 Å². The van der Waals surface area contributed by atoms with E-state index in [2.05, 4.69) is 32.2 Å². The number of aryl methyl sites for hydroxylation is 1. The molecule has 2 aliphatic carbocycles. The maximum Gasteiger partial charge on any atom is 0.186 e. The van der Waals surface area contributed by atoms with Crippen molar-refractivity contribution in [2.75, 3.05) is 0 Å². The molecular formula is C22H28O2S2. The summed E-state index contributed by atoms with van der Waals surface area (Å²) in [6.45, 7) is 9.03. The lowest BCUT2D eigenvalue weighted by atomic mass is 9.51. The molecule has 1 heterocycles. The molecule has 0 unspecified atom stereocenters. The van der Waals surface area contributed by atoms with Crippen LogP contribution in [0.5, 0.6) is 0 Å². The minimum absolute atomic E-state index is 0.108. The molecule has 2 aliphatic rings. The molecule has 1 aromatic carbocycles. The number of fused-ring (bicyclic) bond motifs is 3. The second-order valence-electron chi connectivity index (χ2n) is 9.09. The molecule has 140 valence electrons. The van der Waals surface area contributed by atoms with Gasteiger partial charge in [-0.2, -0.15) is 0 Å². The minimum atomic E-state index is -3.38. The second-order valence-corrected chi connectivity index (χ2v) is 12.2. The van der Waals surface area contributed by atoms with Crippen LogP contribution in [0.2, 0.25) is 0 Å². The fourth-order valence-corrected chi connectivity index (χ4v) is 8.82. The molecule has 0 radical (unpaired) electrons. The Hall–Kier alpha value is -1.13. The molecule has 0 N–H and O–H groups in total. The highest BCUT2D eigenvalue weighted by molar-refractivity contribution is 7.91. The lowest BCUT2D eigenvalue weighted by Crippen LogP contribution is -2.49. The van der Waals surface area contributed by atoms with Gasteiger partial charge in [-0.3, -0.25) is 0 Å². The summed E-state index contributed by atoms with van der Waals surface area (Å²) in [5.41, 5.74) is 2.67. The van der Waals surface area contributed by atoms with Gasteiger partial charge in [0.05, 0.1) is 4.90 Å². The summed E-state index contributed by atoms with van der Waals surface area (Å²) < 4.78 is 27.1. The number of rotatable bonds is 2. The summed E-state index contributed by atoms with van der Waals surface area (Å²) in [5.74, 6) is 0.399. The Bertz CT molecular complexity index is 921. The lowest BCUT2D eigenvalue weighted by Gasteiger charge is -2.55. The Labute approximate surface area is 161 Å². The molecule has 0 amide bonds. The maximum absolute atomic E-state index is 13.6. The van der Waals surface area contributed by atoms with Gasteiger partial charge in [-0.15, -0.1) is 11.3 Å². The zero-order chi connectivity index (χ0) is 18.7. The van der Waals surface area contributed by atoms with Crippen molar-refractivity contribution < 1.29 is 8.42 Å². The molecule has 4 heteroatoms. The lowest BCUT2D eigenvalue weighted by molar-refractivity contribution is 0.0401. The fourth-order valence-electron chi connectivity index (χ4n) is 5.55. The monoisotopic (exact) mass is 388 g/mol. The SMILES string of the molecule is Cc1ccc(S(=O)(=O)[C@@H]2C[C@H]3C(C)(C)CCC[C@@]3(C)c3ccsc32)cc1. The summed E-state index contributed by atoms with van der Waals surface area (Å²) in [6, 6.07) is 9.56. The van der Waals surface area contributed by atoms with Crippen molar-refractivity contribution in [3.8, 4) is 0 Å². The Kier molecular flexibility index (Phi) is 4.16. The van der Waals surface area contributed by atoms with Crippen LogP contribution in [-0.2, 0) is 15.3 Å². The van der Waals surface area contributed by atoms with Crippen LogP contribution >= 0.6 is 11.3 Å². The van der Waals surface area contributed by atoms with Crippen LogP contribution in [0.1, 0.15) is 67.7 Å². The molecule has 0 bridgehead atoms. The van der Waals surface area contributed by atoms with Gasteiger partial charge in [0, 0.05) is 4.88 Å². The van der Waals surface area contributed by atoms with Gasteiger partial charge in [-0.25, -0.2) is 8.42 Å². The van der Waals surface area contributed by atoms with Gasteiger partial charge in [-0.05, 0) is 72.1 Å². The van der Waals surface area contributed by atoms with E-state index in [0.29, 0.717) is 10.8 Å². The van der Waals surface area contributed by atoms with Crippen molar-refractivity contribution in [1.82, 2.24) is 0 Å². The third kappa shape index (κ3) is 2.60. The van der Waals surface area contributed by atoms with Crippen LogP contribution in [0.25, 0.3) is 0 Å². The summed E-state index contributed by atoms with van der Waals surface area (Å²) in [4.78, 5) is 1.55. The van der Waals surface area contributed by atoms with Crippen molar-refractivity contribution in [3.05, 3.63) is 51.7 Å². The van der Waals surface area contributed by atoms with Crippen LogP contribution in [0.3, 0.4) is 0 Å². The Balaban J connectivity index is 1.85. The van der Waals surface area contributed by atoms with Crippen molar-refractivity contribution in [2.45, 2.75) is 68.9 Å². The molecule has 26 heavy (non-hydrogen) atoms. The maximum atomic E-state index is 13.6. The van der Waals surface area contributed by atoms with Crippen molar-refractivity contribution in [1.29, 1.82) is 0 Å². The molecule has 4 rings (SSSR count). The summed E-state index contributed by atoms with van der Waals surface area (Å²) in [6.07, 6.45) is 4.32. The first-order valence-electron chi connectivity index (χ1n) is 9.55. The first-order chi connectivity index (χ1) is 12.2. The highest BCUT2D eigenvalue weighted by Crippen LogP contribution is 2.61. The topological polar surface area (TPSA) is 34.1 Å². The molecule has 1 saturated carbocycles. The van der Waals surface area contributed by atoms with Crippen LogP contribution in [0.4, 0.5) is 0 Å². The third-order valence-electron chi connectivity index (χ3n) is 7.01. The number of hydrogen-bond acceptors (Lipinski definition) is 3. The number of thiophene rings is 1. The molecule has 1 fully saturated rings. The van der Waals surface area contributed by atoms with E-state index in [1.807, 2.05) is 19.1 Å². The molecule has 0 saturated heterocycles. The standard InChI is InChI=1S/C22H28O2S2/c1-15-6-8-16(9-7-15)26(23,24)18-14-19-21(2,3)11-5-12-22(19,4)17-10-13-25-20(17)18/h6-10,13,18-19H,5,11-12,14H2,1-4H3/t18-,19+,22+/m1/s1. The van der Waals surface area contributed by atoms with Crippen LogP contribution in [-0.4, -0.2) is 8.42 Å². The van der Waals surface area contributed by atoms with Crippen LogP contribution in [0.15, 0.2) is 40.6 Å². The van der Waals surface area contributed by atoms with E-state index in [-0.39, 0.29) is 10.8 Å². The predicted molar refractivity (Wildman–Crippen MR) is 109 cm³/mol. The van der Waals surface area contributed by atoms with E-state index in [1.165, 1.54) is 24.8 Å². The quantitative estimate of drug-likeness (QED) is 0.627. The largest absolute Gasteiger partial charge is 0.223 e. The molecule has 0 aliphatic heterocycles. The van der Waals surface area contributed by atoms with Gasteiger partial charge in [-0.1, -0.05) is 44.9 Å². The zero-order valence-corrected chi connectivity index (χ0v) is 17.7. The highest BCUT2D eigenvalue weighted by Gasteiger charge is 2.54. The highest BCUT2D eigenvalue weighted by atomic mass is 32.2. The van der Waals surface area contributed by atoms with Crippen molar-refractivity contribution in [2.24, 2.45) is 11.3 Å². The number of sulfone groups is 1. The fraction of sp³-hybridized carbons (Fsp3) is 0.545. The van der Waals surface area contributed by atoms with Crippen molar-refractivity contribution in [3.63, 3.8) is 0 Å². The van der Waals surface area contributed by atoms with E-state index in [0.717, 1.165) is 16.9 Å². The molecule has 1 aromatic heterocycles. The van der Waals surface area contributed by atoms with E-state index in [9.17, 15) is 8.42 Å². The minimum Gasteiger partial charge on any atom is -0.223 e. The Morgan fingerprint density at radius 2 is 1.73 bits per heavy atom. The zero-order valence-electron chi connectivity index (χ0n) is 16.1. The summed E-state index contributed by atoms with van der Waals surface area (Å²) in [7, 11) is -3.38. The van der Waals surface area contributed by atoms with Gasteiger partial charge < -0.3 is 0 Å². The van der Waals surface area contributed by atoms with Gasteiger partial charge in [0.25, 0.3) is 0 Å². The van der Waals surface area contributed by atoms with Crippen molar-refractivity contribution >= 4 is 21.2 Å². The van der Waals surface area contributed by atoms with E-state index in [1.54, 1.807) is 23.5 Å². The molecule has 3 atom stereocenters. The predicted octanol–water partition coefficient (Wildman–Crippen LogP) is 6.06.